The summed E-state index contributed by atoms with van der Waals surface area (Å²) in [5.41, 5.74) is 4.82. The van der Waals surface area contributed by atoms with Gasteiger partial charge in [-0.2, -0.15) is 9.61 Å². The first-order valence-corrected chi connectivity index (χ1v) is 10.2. The van der Waals surface area contributed by atoms with E-state index in [4.69, 9.17) is 9.98 Å². The summed E-state index contributed by atoms with van der Waals surface area (Å²) in [5, 5.41) is 18.4. The van der Waals surface area contributed by atoms with Crippen LogP contribution < -0.4 is 21.7 Å². The normalized spacial score (nSPS) is 15.2. The number of hydrogen-bond donors (Lipinski definition) is 4. The Labute approximate surface area is 177 Å². The number of aromatic amines is 2. The average molecular weight is 417 g/mol. The van der Waals surface area contributed by atoms with E-state index in [0.29, 0.717) is 29.3 Å². The Bertz CT molecular complexity index is 1460. The standard InChI is InChI=1S/C22H23N7O2/c1-12-4-3-5-14(13(12)2)10-23-18-9-19(25-16-6-7-16)29-20(27-18)15(11-24-29)8-17-21(30)28-22(31)26-17/h3-5,8-9,11,16,23,30H,6-7,10H2,1-2H3,(H2,26,28,31). The van der Waals surface area contributed by atoms with Crippen molar-refractivity contribution >= 4 is 17.5 Å². The maximum absolute atomic E-state index is 11.5. The monoisotopic (exact) mass is 417 g/mol. The van der Waals surface area contributed by atoms with Gasteiger partial charge in [0.25, 0.3) is 0 Å². The average Bonchev–Trinajstić information content (AvgIpc) is 3.37. The fourth-order valence-electron chi connectivity index (χ4n) is 3.48. The Morgan fingerprint density at radius 3 is 2.90 bits per heavy atom. The molecule has 9 heteroatoms. The number of nitrogens with one attached hydrogen (secondary N) is 3. The second-order valence-corrected chi connectivity index (χ2v) is 7.89. The molecule has 5 rings (SSSR count). The van der Waals surface area contributed by atoms with E-state index >= 15 is 0 Å². The van der Waals surface area contributed by atoms with Crippen LogP contribution in [0.1, 0.15) is 35.2 Å². The Kier molecular flexibility index (Phi) is 4.58. The van der Waals surface area contributed by atoms with E-state index in [1.165, 1.54) is 16.7 Å². The molecular formula is C22H23N7O2. The van der Waals surface area contributed by atoms with Crippen molar-refractivity contribution < 1.29 is 5.11 Å². The van der Waals surface area contributed by atoms with Crippen LogP contribution in [0.15, 0.2) is 40.2 Å². The molecule has 3 aromatic heterocycles. The molecule has 1 aliphatic rings. The van der Waals surface area contributed by atoms with Crippen molar-refractivity contribution in [3.05, 3.63) is 74.0 Å². The lowest BCUT2D eigenvalue weighted by Crippen LogP contribution is -2.20. The summed E-state index contributed by atoms with van der Waals surface area (Å²) in [6.07, 6.45) is 5.44. The number of aromatic nitrogens is 5. The highest BCUT2D eigenvalue weighted by Gasteiger charge is 2.20. The Morgan fingerprint density at radius 2 is 2.16 bits per heavy atom. The molecule has 1 aliphatic carbocycles. The maximum atomic E-state index is 11.5. The molecule has 0 radical (unpaired) electrons. The van der Waals surface area contributed by atoms with Crippen molar-refractivity contribution in [1.82, 2.24) is 24.6 Å². The number of hydrogen-bond acceptors (Lipinski definition) is 6. The number of rotatable bonds is 5. The van der Waals surface area contributed by atoms with Crippen molar-refractivity contribution in [1.29, 1.82) is 0 Å². The number of benzene rings is 1. The lowest BCUT2D eigenvalue weighted by molar-refractivity contribution is 0.454. The first-order valence-electron chi connectivity index (χ1n) is 10.2. The summed E-state index contributed by atoms with van der Waals surface area (Å²) < 4.78 is 1.69. The van der Waals surface area contributed by atoms with Crippen LogP contribution >= 0.6 is 0 Å². The minimum Gasteiger partial charge on any atom is -0.493 e. The van der Waals surface area contributed by atoms with Gasteiger partial charge < -0.3 is 15.4 Å². The predicted octanol–water partition coefficient (Wildman–Crippen LogP) is 1.29. The minimum absolute atomic E-state index is 0.226. The molecule has 0 spiro atoms. The van der Waals surface area contributed by atoms with Crippen LogP contribution in [0.2, 0.25) is 0 Å². The van der Waals surface area contributed by atoms with Gasteiger partial charge in [-0.25, -0.2) is 9.78 Å². The molecule has 4 N–H and O–H groups in total. The van der Waals surface area contributed by atoms with Gasteiger partial charge in [0.15, 0.2) is 11.1 Å². The molecule has 1 fully saturated rings. The van der Waals surface area contributed by atoms with Crippen LogP contribution in [0.3, 0.4) is 0 Å². The van der Waals surface area contributed by atoms with E-state index in [9.17, 15) is 9.90 Å². The van der Waals surface area contributed by atoms with Crippen LogP contribution in [-0.2, 0) is 6.54 Å². The molecule has 0 aliphatic heterocycles. The van der Waals surface area contributed by atoms with E-state index in [2.05, 4.69) is 52.4 Å². The van der Waals surface area contributed by atoms with Gasteiger partial charge in [0, 0.05) is 17.8 Å². The zero-order valence-electron chi connectivity index (χ0n) is 17.3. The number of fused-ring (bicyclic) bond motifs is 1. The predicted molar refractivity (Wildman–Crippen MR) is 117 cm³/mol. The molecule has 9 nitrogen and oxygen atoms in total. The van der Waals surface area contributed by atoms with Crippen molar-refractivity contribution in [2.45, 2.75) is 39.3 Å². The van der Waals surface area contributed by atoms with E-state index < -0.39 is 5.69 Å². The summed E-state index contributed by atoms with van der Waals surface area (Å²) in [5.74, 6) is 0.464. The highest BCUT2D eigenvalue weighted by molar-refractivity contribution is 5.58. The third kappa shape index (κ3) is 3.81. The SMILES string of the molecule is Cc1cccc(CNc2cc(=NC3CC3)n3ncc(=Cc4[nH]c(=O)[nH]c4O)c3n2)c1C. The summed E-state index contributed by atoms with van der Waals surface area (Å²) in [6, 6.07) is 8.48. The van der Waals surface area contributed by atoms with Gasteiger partial charge in [0.05, 0.1) is 12.2 Å². The molecule has 158 valence electrons. The summed E-state index contributed by atoms with van der Waals surface area (Å²) in [6.45, 7) is 4.86. The number of aryl methyl sites for hydroxylation is 1. The summed E-state index contributed by atoms with van der Waals surface area (Å²) >= 11 is 0. The molecule has 1 aromatic carbocycles. The van der Waals surface area contributed by atoms with Crippen LogP contribution in [0, 0.1) is 13.8 Å². The van der Waals surface area contributed by atoms with Crippen molar-refractivity contribution in [3.63, 3.8) is 0 Å². The van der Waals surface area contributed by atoms with Gasteiger partial charge in [0.1, 0.15) is 11.5 Å². The molecule has 3 heterocycles. The molecular weight excluding hydrogens is 394 g/mol. The van der Waals surface area contributed by atoms with Gasteiger partial charge in [-0.1, -0.05) is 18.2 Å². The number of H-pyrrole nitrogens is 2. The van der Waals surface area contributed by atoms with E-state index in [0.717, 1.165) is 18.3 Å². The van der Waals surface area contributed by atoms with Gasteiger partial charge in [-0.15, -0.1) is 0 Å². The smallest absolute Gasteiger partial charge is 0.326 e. The molecule has 0 atom stereocenters. The Balaban J connectivity index is 1.59. The second kappa shape index (κ2) is 7.42. The first-order chi connectivity index (χ1) is 15.0. The van der Waals surface area contributed by atoms with Gasteiger partial charge in [-0.05, 0) is 49.5 Å². The lowest BCUT2D eigenvalue weighted by Gasteiger charge is -2.10. The third-order valence-corrected chi connectivity index (χ3v) is 5.55. The van der Waals surface area contributed by atoms with Gasteiger partial charge >= 0.3 is 5.69 Å². The van der Waals surface area contributed by atoms with Crippen molar-refractivity contribution in [2.24, 2.45) is 4.99 Å². The van der Waals surface area contributed by atoms with Crippen molar-refractivity contribution in [3.8, 4) is 5.88 Å². The van der Waals surface area contributed by atoms with E-state index in [-0.39, 0.29) is 11.6 Å². The molecule has 1 saturated carbocycles. The number of anilines is 1. The first kappa shape index (κ1) is 19.1. The summed E-state index contributed by atoms with van der Waals surface area (Å²) in [7, 11) is 0. The third-order valence-electron chi connectivity index (χ3n) is 5.55. The molecule has 0 saturated heterocycles. The topological polar surface area (TPSA) is 123 Å². The fraction of sp³-hybridized carbons (Fsp3) is 0.273. The van der Waals surface area contributed by atoms with Crippen LogP contribution in [0.5, 0.6) is 5.88 Å². The van der Waals surface area contributed by atoms with Crippen LogP contribution in [-0.4, -0.2) is 35.7 Å². The summed E-state index contributed by atoms with van der Waals surface area (Å²) in [4.78, 5) is 25.8. The zero-order valence-corrected chi connectivity index (χ0v) is 17.3. The Morgan fingerprint density at radius 1 is 1.32 bits per heavy atom. The number of nitrogens with zero attached hydrogens (tertiary/aromatic N) is 4. The van der Waals surface area contributed by atoms with E-state index in [1.54, 1.807) is 16.8 Å². The zero-order chi connectivity index (χ0) is 21.5. The van der Waals surface area contributed by atoms with Crippen LogP contribution in [0.4, 0.5) is 5.82 Å². The fourth-order valence-corrected chi connectivity index (χ4v) is 3.48. The molecule has 0 unspecified atom stereocenters. The maximum Gasteiger partial charge on any atom is 0.326 e. The lowest BCUT2D eigenvalue weighted by atomic mass is 10.0. The molecule has 0 bridgehead atoms. The highest BCUT2D eigenvalue weighted by atomic mass is 16.3. The number of aromatic hydroxyl groups is 1. The van der Waals surface area contributed by atoms with Gasteiger partial charge in [-0.3, -0.25) is 9.98 Å². The Hall–Kier alpha value is -3.88. The van der Waals surface area contributed by atoms with Crippen molar-refractivity contribution in [2.75, 3.05) is 5.32 Å². The molecule has 31 heavy (non-hydrogen) atoms. The quantitative estimate of drug-likeness (QED) is 0.390. The van der Waals surface area contributed by atoms with Crippen LogP contribution in [0.25, 0.3) is 11.7 Å². The van der Waals surface area contributed by atoms with E-state index in [1.807, 2.05) is 6.07 Å². The second-order valence-electron chi connectivity index (χ2n) is 7.89. The molecule has 4 aromatic rings. The molecule has 0 amide bonds. The highest BCUT2D eigenvalue weighted by Crippen LogP contribution is 2.22. The largest absolute Gasteiger partial charge is 0.493 e. The van der Waals surface area contributed by atoms with Gasteiger partial charge in [0.2, 0.25) is 5.88 Å². The number of imidazole rings is 1. The minimum atomic E-state index is -0.478.